The molecule has 7 nitrogen and oxygen atoms in total. The van der Waals surface area contributed by atoms with Crippen molar-refractivity contribution < 1.29 is 28.2 Å². The number of hydrogen-bond acceptors (Lipinski definition) is 6. The molecule has 0 aliphatic carbocycles. The molecule has 202 valence electrons. The Morgan fingerprint density at radius 2 is 1.50 bits per heavy atom. The Labute approximate surface area is 232 Å². The molecule has 1 amide bonds. The van der Waals surface area contributed by atoms with Crippen LogP contribution in [-0.2, 0) is 22.6 Å². The Morgan fingerprint density at radius 3 is 2.23 bits per heavy atom. The third kappa shape index (κ3) is 6.76. The zero-order valence-electron chi connectivity index (χ0n) is 22.0. The summed E-state index contributed by atoms with van der Waals surface area (Å²) >= 11 is 0. The number of rotatable bonds is 12. The van der Waals surface area contributed by atoms with Gasteiger partial charge in [-0.15, -0.1) is 0 Å². The number of ketones is 1. The van der Waals surface area contributed by atoms with Gasteiger partial charge >= 0.3 is 0 Å². The lowest BCUT2D eigenvalue weighted by atomic mass is 10.0. The molecule has 1 unspecified atom stereocenters. The molecule has 1 aromatic heterocycles. The largest absolute Gasteiger partial charge is 0.493 e. The maximum Gasteiger partial charge on any atom is 0.287 e. The van der Waals surface area contributed by atoms with Crippen LogP contribution in [0.1, 0.15) is 21.7 Å². The van der Waals surface area contributed by atoms with Crippen molar-refractivity contribution in [2.24, 2.45) is 0 Å². The van der Waals surface area contributed by atoms with E-state index in [2.05, 4.69) is 5.32 Å². The van der Waals surface area contributed by atoms with Crippen molar-refractivity contribution in [3.05, 3.63) is 126 Å². The standard InChI is InChI=1S/C33H29NO6/c1-37-30-14-8-11-25-20-31(40-32(25)30)33(36)34-28(22-38-21-24-9-4-2-5-10-24)29(35)19-23-15-17-27(18-16-23)39-26-12-6-3-7-13-26/h2-18,20,28H,19,21-22H2,1H3,(H,34,36). The molecular formula is C33H29NO6. The number of ether oxygens (including phenoxy) is 3. The number of para-hydroxylation sites is 2. The van der Waals surface area contributed by atoms with Crippen molar-refractivity contribution in [1.29, 1.82) is 0 Å². The van der Waals surface area contributed by atoms with E-state index in [0.29, 0.717) is 23.7 Å². The molecule has 0 aliphatic rings. The molecule has 1 heterocycles. The summed E-state index contributed by atoms with van der Waals surface area (Å²) in [5.41, 5.74) is 2.23. The summed E-state index contributed by atoms with van der Waals surface area (Å²) in [6.45, 7) is 0.325. The van der Waals surface area contributed by atoms with Crippen molar-refractivity contribution in [1.82, 2.24) is 5.32 Å². The Kier molecular flexibility index (Phi) is 8.53. The third-order valence-electron chi connectivity index (χ3n) is 6.32. The molecule has 0 saturated carbocycles. The second-order valence-corrected chi connectivity index (χ2v) is 9.22. The molecule has 0 fully saturated rings. The van der Waals surface area contributed by atoms with E-state index in [0.717, 1.165) is 22.3 Å². The Balaban J connectivity index is 1.28. The monoisotopic (exact) mass is 535 g/mol. The molecule has 0 bridgehead atoms. The van der Waals surface area contributed by atoms with Gasteiger partial charge < -0.3 is 23.9 Å². The number of carbonyl (C=O) groups excluding carboxylic acids is 2. The minimum absolute atomic E-state index is 0.0121. The molecule has 7 heteroatoms. The van der Waals surface area contributed by atoms with Crippen LogP contribution in [0.3, 0.4) is 0 Å². The highest BCUT2D eigenvalue weighted by Gasteiger charge is 2.24. The van der Waals surface area contributed by atoms with Gasteiger partial charge in [0, 0.05) is 11.8 Å². The molecule has 0 saturated heterocycles. The first-order valence-corrected chi connectivity index (χ1v) is 12.9. The van der Waals surface area contributed by atoms with Gasteiger partial charge in [-0.25, -0.2) is 0 Å². The summed E-state index contributed by atoms with van der Waals surface area (Å²) < 4.78 is 22.8. The minimum atomic E-state index is -0.883. The Bertz CT molecular complexity index is 1560. The number of nitrogens with one attached hydrogen (secondary N) is 1. The van der Waals surface area contributed by atoms with E-state index in [1.54, 1.807) is 12.1 Å². The van der Waals surface area contributed by atoms with Crippen LogP contribution in [0.25, 0.3) is 11.0 Å². The molecule has 5 rings (SSSR count). The number of carbonyl (C=O) groups is 2. The van der Waals surface area contributed by atoms with Crippen molar-refractivity contribution in [3.8, 4) is 17.2 Å². The first kappa shape index (κ1) is 26.7. The molecule has 0 aliphatic heterocycles. The number of benzene rings is 4. The average Bonchev–Trinajstić information content (AvgIpc) is 3.44. The minimum Gasteiger partial charge on any atom is -0.493 e. The van der Waals surface area contributed by atoms with Gasteiger partial charge in [0.15, 0.2) is 22.9 Å². The summed E-state index contributed by atoms with van der Waals surface area (Å²) in [6, 6.07) is 32.6. The van der Waals surface area contributed by atoms with Gasteiger partial charge in [-0.1, -0.05) is 72.8 Å². The molecule has 0 spiro atoms. The smallest absolute Gasteiger partial charge is 0.287 e. The molecule has 40 heavy (non-hydrogen) atoms. The number of hydrogen-bond donors (Lipinski definition) is 1. The van der Waals surface area contributed by atoms with E-state index in [-0.39, 0.29) is 24.6 Å². The molecule has 1 atom stereocenters. The van der Waals surface area contributed by atoms with Gasteiger partial charge in [0.1, 0.15) is 17.5 Å². The van der Waals surface area contributed by atoms with Gasteiger partial charge in [-0.3, -0.25) is 9.59 Å². The number of Topliss-reactive ketones (excluding diaryl/α,β-unsaturated/α-hetero) is 1. The summed E-state index contributed by atoms with van der Waals surface area (Å²) in [5.74, 6) is 1.31. The quantitative estimate of drug-likeness (QED) is 0.200. The van der Waals surface area contributed by atoms with Crippen LogP contribution in [-0.4, -0.2) is 31.4 Å². The summed E-state index contributed by atoms with van der Waals surface area (Å²) in [4.78, 5) is 26.6. The van der Waals surface area contributed by atoms with Crippen LogP contribution >= 0.6 is 0 Å². The molecule has 0 radical (unpaired) electrons. The molecule has 5 aromatic rings. The van der Waals surface area contributed by atoms with Crippen LogP contribution in [0.4, 0.5) is 0 Å². The van der Waals surface area contributed by atoms with E-state index >= 15 is 0 Å². The maximum absolute atomic E-state index is 13.4. The zero-order chi connectivity index (χ0) is 27.7. The number of fused-ring (bicyclic) bond motifs is 1. The first-order chi connectivity index (χ1) is 19.6. The zero-order valence-corrected chi connectivity index (χ0v) is 22.0. The van der Waals surface area contributed by atoms with Crippen molar-refractivity contribution in [2.45, 2.75) is 19.1 Å². The fraction of sp³-hybridized carbons (Fsp3) is 0.152. The van der Waals surface area contributed by atoms with Gasteiger partial charge in [-0.05, 0) is 47.5 Å². The van der Waals surface area contributed by atoms with Crippen LogP contribution in [0.15, 0.2) is 114 Å². The molecule has 4 aromatic carbocycles. The van der Waals surface area contributed by atoms with E-state index < -0.39 is 11.9 Å². The van der Waals surface area contributed by atoms with Crippen molar-refractivity contribution in [2.75, 3.05) is 13.7 Å². The van der Waals surface area contributed by atoms with E-state index in [9.17, 15) is 9.59 Å². The molecule has 1 N–H and O–H groups in total. The Morgan fingerprint density at radius 1 is 0.800 bits per heavy atom. The lowest BCUT2D eigenvalue weighted by Gasteiger charge is -2.18. The molecular weight excluding hydrogens is 506 g/mol. The second kappa shape index (κ2) is 12.8. The van der Waals surface area contributed by atoms with Gasteiger partial charge in [0.2, 0.25) is 0 Å². The van der Waals surface area contributed by atoms with Crippen LogP contribution in [0.5, 0.6) is 17.2 Å². The van der Waals surface area contributed by atoms with Gasteiger partial charge in [-0.2, -0.15) is 0 Å². The van der Waals surface area contributed by atoms with E-state index in [4.69, 9.17) is 18.6 Å². The highest BCUT2D eigenvalue weighted by Crippen LogP contribution is 2.28. The fourth-order valence-corrected chi connectivity index (χ4v) is 4.25. The predicted molar refractivity (Wildman–Crippen MR) is 152 cm³/mol. The normalized spacial score (nSPS) is 11.6. The van der Waals surface area contributed by atoms with Gasteiger partial charge in [0.25, 0.3) is 5.91 Å². The van der Waals surface area contributed by atoms with Crippen molar-refractivity contribution >= 4 is 22.7 Å². The predicted octanol–water partition coefficient (Wildman–Crippen LogP) is 6.36. The fourth-order valence-electron chi connectivity index (χ4n) is 4.25. The summed E-state index contributed by atoms with van der Waals surface area (Å²) in [5, 5.41) is 3.54. The van der Waals surface area contributed by atoms with E-state index in [1.165, 1.54) is 7.11 Å². The van der Waals surface area contributed by atoms with Crippen LogP contribution in [0.2, 0.25) is 0 Å². The maximum atomic E-state index is 13.4. The van der Waals surface area contributed by atoms with Gasteiger partial charge in [0.05, 0.1) is 20.3 Å². The first-order valence-electron chi connectivity index (χ1n) is 12.9. The van der Waals surface area contributed by atoms with E-state index in [1.807, 2.05) is 97.1 Å². The van der Waals surface area contributed by atoms with Crippen molar-refractivity contribution in [3.63, 3.8) is 0 Å². The summed E-state index contributed by atoms with van der Waals surface area (Å²) in [7, 11) is 1.54. The lowest BCUT2D eigenvalue weighted by molar-refractivity contribution is -0.121. The second-order valence-electron chi connectivity index (χ2n) is 9.22. The SMILES string of the molecule is COc1cccc2cc(C(=O)NC(COCc3ccccc3)C(=O)Cc3ccc(Oc4ccccc4)cc3)oc12. The van der Waals surface area contributed by atoms with Crippen LogP contribution < -0.4 is 14.8 Å². The number of methoxy groups -OCH3 is 1. The number of furan rings is 1. The highest BCUT2D eigenvalue weighted by atomic mass is 16.5. The third-order valence-corrected chi connectivity index (χ3v) is 6.32. The highest BCUT2D eigenvalue weighted by molar-refractivity contribution is 6.00. The Hall–Kier alpha value is -4.88. The van der Waals surface area contributed by atoms with Crippen LogP contribution in [0, 0.1) is 0 Å². The topological polar surface area (TPSA) is 87.0 Å². The summed E-state index contributed by atoms with van der Waals surface area (Å²) in [6.07, 6.45) is 0.110. The lowest BCUT2D eigenvalue weighted by Crippen LogP contribution is -2.44. The average molecular weight is 536 g/mol. The number of amides is 1.